The lowest BCUT2D eigenvalue weighted by Gasteiger charge is -2.35. The van der Waals surface area contributed by atoms with Crippen molar-refractivity contribution >= 4 is 11.8 Å². The quantitative estimate of drug-likeness (QED) is 0.843. The Morgan fingerprint density at radius 1 is 1.00 bits per heavy atom. The molecule has 0 bridgehead atoms. The number of hydrogen-bond acceptors (Lipinski definition) is 2. The van der Waals surface area contributed by atoms with Crippen LogP contribution in [0.5, 0.6) is 0 Å². The van der Waals surface area contributed by atoms with Gasteiger partial charge in [0.25, 0.3) is 0 Å². The summed E-state index contributed by atoms with van der Waals surface area (Å²) in [4.78, 5) is 29.2. The van der Waals surface area contributed by atoms with Gasteiger partial charge < -0.3 is 9.80 Å². The maximum Gasteiger partial charge on any atom is 0.226 e. The van der Waals surface area contributed by atoms with Crippen LogP contribution in [-0.4, -0.2) is 41.2 Å². The molecule has 2 aliphatic heterocycles. The Morgan fingerprint density at radius 3 is 2.24 bits per heavy atom. The Bertz CT molecular complexity index is 615. The molecular weight excluding hydrogens is 312 g/mol. The molecular formula is C21H30N2O2. The summed E-state index contributed by atoms with van der Waals surface area (Å²) in [5, 5.41) is 0. The molecule has 0 saturated carbocycles. The van der Waals surface area contributed by atoms with Crippen LogP contribution in [0.3, 0.4) is 0 Å². The van der Waals surface area contributed by atoms with E-state index in [0.717, 1.165) is 45.3 Å². The number of nitrogens with zero attached hydrogens (tertiary/aromatic N) is 2. The minimum atomic E-state index is 0.0387. The highest BCUT2D eigenvalue weighted by molar-refractivity contribution is 5.81. The van der Waals surface area contributed by atoms with Gasteiger partial charge in [0.15, 0.2) is 0 Å². The lowest BCUT2D eigenvalue weighted by molar-refractivity contribution is -0.142. The van der Waals surface area contributed by atoms with Gasteiger partial charge in [-0.2, -0.15) is 0 Å². The minimum absolute atomic E-state index is 0.0387. The molecule has 4 heteroatoms. The fourth-order valence-electron chi connectivity index (χ4n) is 4.11. The monoisotopic (exact) mass is 342 g/mol. The lowest BCUT2D eigenvalue weighted by Crippen LogP contribution is -2.45. The SMILES string of the molecule is Cc1ccc(C2CCCN2C(=O)C2CCN(C(=O)C(C)C)CC2)cc1. The van der Waals surface area contributed by atoms with Crippen molar-refractivity contribution < 1.29 is 9.59 Å². The van der Waals surface area contributed by atoms with E-state index < -0.39 is 0 Å². The van der Waals surface area contributed by atoms with Crippen LogP contribution in [0.4, 0.5) is 0 Å². The van der Waals surface area contributed by atoms with E-state index in [4.69, 9.17) is 0 Å². The molecule has 0 aliphatic carbocycles. The van der Waals surface area contributed by atoms with Gasteiger partial charge >= 0.3 is 0 Å². The molecule has 2 amide bonds. The molecule has 2 aliphatic rings. The molecule has 0 N–H and O–H groups in total. The van der Waals surface area contributed by atoms with Crippen LogP contribution in [0.15, 0.2) is 24.3 Å². The van der Waals surface area contributed by atoms with Crippen molar-refractivity contribution in [3.63, 3.8) is 0 Å². The van der Waals surface area contributed by atoms with Gasteiger partial charge in [-0.3, -0.25) is 9.59 Å². The van der Waals surface area contributed by atoms with Gasteiger partial charge in [-0.15, -0.1) is 0 Å². The Balaban J connectivity index is 1.63. The number of aryl methyl sites for hydroxylation is 1. The molecule has 4 nitrogen and oxygen atoms in total. The number of piperidine rings is 1. The molecule has 3 rings (SSSR count). The normalized spacial score (nSPS) is 21.8. The Kier molecular flexibility index (Phi) is 5.45. The van der Waals surface area contributed by atoms with E-state index >= 15 is 0 Å². The first kappa shape index (κ1) is 18.0. The summed E-state index contributed by atoms with van der Waals surface area (Å²) in [6, 6.07) is 8.81. The van der Waals surface area contributed by atoms with Crippen LogP contribution >= 0.6 is 0 Å². The highest BCUT2D eigenvalue weighted by atomic mass is 16.2. The Hall–Kier alpha value is -1.84. The van der Waals surface area contributed by atoms with Crippen molar-refractivity contribution in [1.29, 1.82) is 0 Å². The van der Waals surface area contributed by atoms with Crippen LogP contribution in [0.1, 0.15) is 56.7 Å². The summed E-state index contributed by atoms with van der Waals surface area (Å²) in [6.07, 6.45) is 3.73. The van der Waals surface area contributed by atoms with Crippen LogP contribution in [0, 0.1) is 18.8 Å². The van der Waals surface area contributed by atoms with Crippen LogP contribution < -0.4 is 0 Å². The molecule has 2 saturated heterocycles. The molecule has 1 aromatic carbocycles. The summed E-state index contributed by atoms with van der Waals surface area (Å²) in [7, 11) is 0. The lowest BCUT2D eigenvalue weighted by atomic mass is 9.93. The van der Waals surface area contributed by atoms with Crippen molar-refractivity contribution in [3.8, 4) is 0 Å². The predicted molar refractivity (Wildman–Crippen MR) is 99.0 cm³/mol. The highest BCUT2D eigenvalue weighted by Gasteiger charge is 2.36. The fourth-order valence-corrected chi connectivity index (χ4v) is 4.11. The van der Waals surface area contributed by atoms with E-state index in [0.29, 0.717) is 5.91 Å². The van der Waals surface area contributed by atoms with Gasteiger partial charge in [0, 0.05) is 31.5 Å². The first-order valence-electron chi connectivity index (χ1n) is 9.63. The predicted octanol–water partition coefficient (Wildman–Crippen LogP) is 3.55. The zero-order valence-corrected chi connectivity index (χ0v) is 15.7. The van der Waals surface area contributed by atoms with Crippen molar-refractivity contribution in [1.82, 2.24) is 9.80 Å². The summed E-state index contributed by atoms with van der Waals surface area (Å²) in [6.45, 7) is 8.27. The van der Waals surface area contributed by atoms with Crippen molar-refractivity contribution in [2.45, 2.75) is 52.5 Å². The summed E-state index contributed by atoms with van der Waals surface area (Å²) in [5.41, 5.74) is 2.51. The van der Waals surface area contributed by atoms with E-state index in [2.05, 4.69) is 36.1 Å². The number of rotatable bonds is 3. The number of carbonyl (C=O) groups is 2. The Morgan fingerprint density at radius 2 is 1.64 bits per heavy atom. The second-order valence-corrected chi connectivity index (χ2v) is 7.85. The molecule has 1 unspecified atom stereocenters. The van der Waals surface area contributed by atoms with E-state index in [1.54, 1.807) is 0 Å². The van der Waals surface area contributed by atoms with Crippen molar-refractivity contribution in [3.05, 3.63) is 35.4 Å². The number of likely N-dealkylation sites (tertiary alicyclic amines) is 2. The van der Waals surface area contributed by atoms with E-state index in [1.807, 2.05) is 18.7 Å². The fraction of sp³-hybridized carbons (Fsp3) is 0.619. The zero-order valence-electron chi connectivity index (χ0n) is 15.7. The minimum Gasteiger partial charge on any atom is -0.342 e. The van der Waals surface area contributed by atoms with Crippen LogP contribution in [-0.2, 0) is 9.59 Å². The third kappa shape index (κ3) is 3.88. The van der Waals surface area contributed by atoms with E-state index in [1.165, 1.54) is 11.1 Å². The Labute approximate surface area is 151 Å². The largest absolute Gasteiger partial charge is 0.342 e. The molecule has 1 atom stereocenters. The maximum atomic E-state index is 13.1. The number of hydrogen-bond donors (Lipinski definition) is 0. The van der Waals surface area contributed by atoms with Gasteiger partial charge in [-0.25, -0.2) is 0 Å². The van der Waals surface area contributed by atoms with Crippen molar-refractivity contribution in [2.24, 2.45) is 11.8 Å². The molecule has 0 spiro atoms. The number of carbonyl (C=O) groups excluding carboxylic acids is 2. The topological polar surface area (TPSA) is 40.6 Å². The van der Waals surface area contributed by atoms with Gasteiger partial charge in [-0.1, -0.05) is 43.7 Å². The molecule has 2 fully saturated rings. The zero-order chi connectivity index (χ0) is 18.0. The maximum absolute atomic E-state index is 13.1. The third-order valence-corrected chi connectivity index (χ3v) is 5.65. The van der Waals surface area contributed by atoms with Crippen molar-refractivity contribution in [2.75, 3.05) is 19.6 Å². The van der Waals surface area contributed by atoms with Crippen LogP contribution in [0.25, 0.3) is 0 Å². The first-order chi connectivity index (χ1) is 12.0. The molecule has 2 heterocycles. The smallest absolute Gasteiger partial charge is 0.226 e. The van der Waals surface area contributed by atoms with Gasteiger partial charge in [0.2, 0.25) is 11.8 Å². The molecule has 0 radical (unpaired) electrons. The molecule has 136 valence electrons. The van der Waals surface area contributed by atoms with E-state index in [-0.39, 0.29) is 23.8 Å². The average Bonchev–Trinajstić information content (AvgIpc) is 3.11. The van der Waals surface area contributed by atoms with Gasteiger partial charge in [0.1, 0.15) is 0 Å². The van der Waals surface area contributed by atoms with E-state index in [9.17, 15) is 9.59 Å². The third-order valence-electron chi connectivity index (χ3n) is 5.65. The van der Waals surface area contributed by atoms with Crippen LogP contribution in [0.2, 0.25) is 0 Å². The number of benzene rings is 1. The standard InChI is InChI=1S/C21H30N2O2/c1-15(2)20(24)22-13-10-18(11-14-22)21(25)23-12-4-5-19(23)17-8-6-16(3)7-9-17/h6-9,15,18-19H,4-5,10-14H2,1-3H3. The van der Waals surface area contributed by atoms with Gasteiger partial charge in [-0.05, 0) is 38.2 Å². The summed E-state index contributed by atoms with van der Waals surface area (Å²) < 4.78 is 0. The second kappa shape index (κ2) is 7.59. The molecule has 1 aromatic rings. The summed E-state index contributed by atoms with van der Waals surface area (Å²) >= 11 is 0. The molecule has 25 heavy (non-hydrogen) atoms. The summed E-state index contributed by atoms with van der Waals surface area (Å²) in [5.74, 6) is 0.614. The average molecular weight is 342 g/mol. The molecule has 0 aromatic heterocycles. The second-order valence-electron chi connectivity index (χ2n) is 7.85. The number of amides is 2. The highest BCUT2D eigenvalue weighted by Crippen LogP contribution is 2.34. The van der Waals surface area contributed by atoms with Gasteiger partial charge in [0.05, 0.1) is 6.04 Å². The first-order valence-corrected chi connectivity index (χ1v) is 9.63.